The minimum Gasteiger partial charge on any atom is -0.362 e. The second kappa shape index (κ2) is 14.5. The van der Waals surface area contributed by atoms with Crippen LogP contribution < -0.4 is 4.72 Å². The molecule has 2 heterocycles. The Morgan fingerprint density at radius 1 is 1.07 bits per heavy atom. The van der Waals surface area contributed by atoms with Crippen molar-refractivity contribution in [1.82, 2.24) is 13.9 Å². The van der Waals surface area contributed by atoms with Crippen LogP contribution in [0.3, 0.4) is 0 Å². The molecule has 2 saturated carbocycles. The van der Waals surface area contributed by atoms with Gasteiger partial charge in [0.15, 0.2) is 6.04 Å². The molecule has 1 saturated heterocycles. The summed E-state index contributed by atoms with van der Waals surface area (Å²) in [5.74, 6) is -1.00. The molecule has 0 aromatic heterocycles. The van der Waals surface area contributed by atoms with E-state index in [4.69, 9.17) is 4.55 Å². The first-order valence-corrected chi connectivity index (χ1v) is 19.6. The van der Waals surface area contributed by atoms with E-state index in [0.29, 0.717) is 51.5 Å². The topological polar surface area (TPSA) is 127 Å². The first-order valence-electron chi connectivity index (χ1n) is 14.8. The summed E-state index contributed by atoms with van der Waals surface area (Å²) in [7, 11) is -5.36. The van der Waals surface area contributed by atoms with Gasteiger partial charge in [-0.2, -0.15) is 21.1 Å². The molecule has 244 valence electrons. The van der Waals surface area contributed by atoms with Gasteiger partial charge in [-0.05, 0) is 74.8 Å². The summed E-state index contributed by atoms with van der Waals surface area (Å²) in [5.41, 5.74) is 0.963. The first kappa shape index (κ1) is 34.7. The third-order valence-electron chi connectivity index (χ3n) is 8.41. The molecule has 2 N–H and O–H groups in total. The average molecular weight is 686 g/mol. The van der Waals surface area contributed by atoms with Crippen molar-refractivity contribution in [2.45, 2.75) is 99.6 Å². The lowest BCUT2D eigenvalue weighted by atomic mass is 9.92. The van der Waals surface area contributed by atoms with Crippen molar-refractivity contribution < 1.29 is 39.5 Å². The lowest BCUT2D eigenvalue weighted by Crippen LogP contribution is -2.46. The molecule has 6 atom stereocenters. The lowest BCUT2D eigenvalue weighted by molar-refractivity contribution is -0.552. The van der Waals surface area contributed by atoms with Crippen molar-refractivity contribution >= 4 is 54.8 Å². The summed E-state index contributed by atoms with van der Waals surface area (Å²) >= 11 is 3.30. The van der Waals surface area contributed by atoms with Gasteiger partial charge >= 0.3 is 10.2 Å². The zero-order valence-electron chi connectivity index (χ0n) is 24.8. The number of fused-ring (bicyclic) bond motifs is 2. The standard InChI is InChI=1S/C27H42F2N4O6S4/c1-4-18(13-26-32(11-5-6-12-42(35,36)37)21-15-19(28)7-9-23(21)40-26)14-27-33(17-25(34)30-43(38,39)31(2)3)22-16-20(29)8-10-24(22)41-27/h13-14,19-24H,4-12,15-17H2,1-3H3,(H-,30,34,35,36,37)/p+1. The highest BCUT2D eigenvalue weighted by Crippen LogP contribution is 2.47. The Labute approximate surface area is 262 Å². The van der Waals surface area contributed by atoms with E-state index < -0.39 is 38.6 Å². The second-order valence-electron chi connectivity index (χ2n) is 11.8. The van der Waals surface area contributed by atoms with E-state index in [-0.39, 0.29) is 41.3 Å². The largest absolute Gasteiger partial charge is 0.362 e. The minimum atomic E-state index is -4.05. The van der Waals surface area contributed by atoms with Crippen molar-refractivity contribution in [3.63, 3.8) is 0 Å². The molecular formula is C27H43F2N4O6S4+. The van der Waals surface area contributed by atoms with Gasteiger partial charge in [-0.1, -0.05) is 6.92 Å². The predicted molar refractivity (Wildman–Crippen MR) is 168 cm³/mol. The summed E-state index contributed by atoms with van der Waals surface area (Å²) in [6.45, 7) is 2.33. The fraction of sp³-hybridized carbons (Fsp3) is 0.778. The van der Waals surface area contributed by atoms with Crippen molar-refractivity contribution in [3.05, 3.63) is 22.8 Å². The number of nitrogens with zero attached hydrogens (tertiary/aromatic N) is 3. The molecular weight excluding hydrogens is 643 g/mol. The predicted octanol–water partition coefficient (Wildman–Crippen LogP) is 3.48. The third kappa shape index (κ3) is 9.18. The van der Waals surface area contributed by atoms with Gasteiger partial charge in [0.2, 0.25) is 11.6 Å². The first-order chi connectivity index (χ1) is 20.2. The number of unbranched alkanes of at least 4 members (excludes halogenated alkanes) is 1. The Hall–Kier alpha value is -1.20. The molecule has 0 spiro atoms. The monoisotopic (exact) mass is 685 g/mol. The van der Waals surface area contributed by atoms with Crippen LogP contribution in [0.25, 0.3) is 0 Å². The summed E-state index contributed by atoms with van der Waals surface area (Å²) in [6, 6.07) is -0.233. The number of hydrogen-bond donors (Lipinski definition) is 2. The maximum absolute atomic E-state index is 14.5. The van der Waals surface area contributed by atoms with Gasteiger partial charge in [-0.3, -0.25) is 9.35 Å². The molecule has 3 fully saturated rings. The molecule has 4 rings (SSSR count). The normalized spacial score (nSPS) is 31.1. The van der Waals surface area contributed by atoms with E-state index in [1.54, 1.807) is 23.5 Å². The number of hydrogen-bond acceptors (Lipinski definition) is 8. The summed E-state index contributed by atoms with van der Waals surface area (Å²) in [4.78, 5) is 15.0. The molecule has 2 aliphatic heterocycles. The fourth-order valence-corrected chi connectivity index (χ4v) is 10.3. The van der Waals surface area contributed by atoms with E-state index in [0.717, 1.165) is 26.4 Å². The highest BCUT2D eigenvalue weighted by molar-refractivity contribution is 8.14. The van der Waals surface area contributed by atoms with Gasteiger partial charge in [-0.15, -0.1) is 11.8 Å². The molecule has 0 aromatic rings. The Bertz CT molecular complexity index is 1350. The maximum atomic E-state index is 14.5. The summed E-state index contributed by atoms with van der Waals surface area (Å²) in [6.07, 6.45) is 6.74. The number of nitrogens with one attached hydrogen (secondary N) is 1. The summed E-state index contributed by atoms with van der Waals surface area (Å²) in [5, 5.41) is 2.09. The number of rotatable bonds is 12. The van der Waals surface area contributed by atoms with Gasteiger partial charge in [0.25, 0.3) is 16.0 Å². The Balaban J connectivity index is 1.62. The van der Waals surface area contributed by atoms with Crippen LogP contribution in [0.1, 0.15) is 64.7 Å². The van der Waals surface area contributed by atoms with Crippen molar-refractivity contribution in [1.29, 1.82) is 0 Å². The van der Waals surface area contributed by atoms with Gasteiger partial charge in [0.05, 0.1) is 16.0 Å². The van der Waals surface area contributed by atoms with Crippen LogP contribution in [0.2, 0.25) is 0 Å². The van der Waals surface area contributed by atoms with E-state index >= 15 is 0 Å². The van der Waals surface area contributed by atoms with Crippen LogP contribution >= 0.6 is 23.5 Å². The number of allylic oxidation sites excluding steroid dienone is 2. The highest BCUT2D eigenvalue weighted by Gasteiger charge is 2.47. The number of carbonyl (C=O) groups excluding carboxylic acids is 1. The SMILES string of the molecule is CCC(=C/C1=[N+](CC(=O)NS(=O)(=O)N(C)C)C2CC(F)CCC2S1)/C=C1\SC2CCC(F)CC2N1CCCCS(=O)(=O)O. The van der Waals surface area contributed by atoms with E-state index in [1.165, 1.54) is 14.1 Å². The zero-order valence-corrected chi connectivity index (χ0v) is 28.1. The quantitative estimate of drug-likeness (QED) is 0.180. The Kier molecular flexibility index (Phi) is 11.7. The molecule has 43 heavy (non-hydrogen) atoms. The highest BCUT2D eigenvalue weighted by atomic mass is 32.2. The smallest absolute Gasteiger partial charge is 0.303 e. The minimum absolute atomic E-state index is 0.000505. The molecule has 1 amide bonds. The molecule has 2 aliphatic carbocycles. The van der Waals surface area contributed by atoms with Crippen LogP contribution in [-0.2, 0) is 25.1 Å². The van der Waals surface area contributed by atoms with Crippen molar-refractivity contribution in [2.75, 3.05) is 32.9 Å². The number of halogens is 2. The van der Waals surface area contributed by atoms with Crippen LogP contribution in [0, 0.1) is 0 Å². The average Bonchev–Trinajstić information content (AvgIpc) is 3.41. The second-order valence-corrected chi connectivity index (χ2v) is 17.8. The van der Waals surface area contributed by atoms with Crippen molar-refractivity contribution in [3.8, 4) is 0 Å². The van der Waals surface area contributed by atoms with E-state index in [2.05, 4.69) is 15.7 Å². The van der Waals surface area contributed by atoms with Crippen LogP contribution in [0.4, 0.5) is 8.78 Å². The fourth-order valence-electron chi connectivity index (χ4n) is 6.10. The molecule has 0 aromatic carbocycles. The molecule has 6 unspecified atom stereocenters. The lowest BCUT2D eigenvalue weighted by Gasteiger charge is -2.33. The summed E-state index contributed by atoms with van der Waals surface area (Å²) < 4.78 is 89.8. The number of amides is 1. The third-order valence-corrected chi connectivity index (χ3v) is 13.6. The Morgan fingerprint density at radius 3 is 2.40 bits per heavy atom. The van der Waals surface area contributed by atoms with Crippen LogP contribution in [-0.4, -0.2) is 114 Å². The van der Waals surface area contributed by atoms with Crippen molar-refractivity contribution in [2.24, 2.45) is 0 Å². The molecule has 0 bridgehead atoms. The van der Waals surface area contributed by atoms with Gasteiger partial charge in [0.1, 0.15) is 12.3 Å². The van der Waals surface area contributed by atoms with Crippen LogP contribution in [0.15, 0.2) is 22.8 Å². The Morgan fingerprint density at radius 2 is 1.74 bits per heavy atom. The zero-order chi connectivity index (χ0) is 31.5. The number of carbonyl (C=O) groups is 1. The van der Waals surface area contributed by atoms with Crippen LogP contribution in [0.5, 0.6) is 0 Å². The van der Waals surface area contributed by atoms with E-state index in [9.17, 15) is 30.4 Å². The molecule has 0 radical (unpaired) electrons. The molecule has 16 heteroatoms. The number of alkyl halides is 2. The van der Waals surface area contributed by atoms with Gasteiger partial charge < -0.3 is 4.90 Å². The van der Waals surface area contributed by atoms with E-state index in [1.807, 2.05) is 17.6 Å². The number of thioether (sulfide) groups is 2. The molecule has 10 nitrogen and oxygen atoms in total. The maximum Gasteiger partial charge on any atom is 0.303 e. The molecule has 4 aliphatic rings. The van der Waals surface area contributed by atoms with Gasteiger partial charge in [-0.25, -0.2) is 18.1 Å². The van der Waals surface area contributed by atoms with Gasteiger partial charge in [0, 0.05) is 44.4 Å².